The summed E-state index contributed by atoms with van der Waals surface area (Å²) in [6, 6.07) is 3.37. The summed E-state index contributed by atoms with van der Waals surface area (Å²) in [4.78, 5) is 8.12. The number of aliphatic hydroxyl groups excluding tert-OH is 1. The average molecular weight is 267 g/mol. The Morgan fingerprint density at radius 2 is 2.44 bits per heavy atom. The zero-order valence-electron chi connectivity index (χ0n) is 9.83. The monoisotopic (exact) mass is 266 g/mol. The van der Waals surface area contributed by atoms with Gasteiger partial charge in [0.1, 0.15) is 17.0 Å². The van der Waals surface area contributed by atoms with E-state index in [4.69, 9.17) is 17.4 Å². The van der Waals surface area contributed by atoms with Crippen LogP contribution in [0.4, 0.5) is 0 Å². The zero-order chi connectivity index (χ0) is 13.0. The van der Waals surface area contributed by atoms with Crippen LogP contribution in [0, 0.1) is 5.92 Å². The summed E-state index contributed by atoms with van der Waals surface area (Å²) in [7, 11) is 0. The van der Waals surface area contributed by atoms with E-state index in [-0.39, 0.29) is 10.9 Å². The molecule has 18 heavy (non-hydrogen) atoms. The van der Waals surface area contributed by atoms with E-state index in [1.165, 1.54) is 19.1 Å². The molecule has 1 aromatic rings. The number of hydrazone groups is 1. The van der Waals surface area contributed by atoms with Gasteiger partial charge in [-0.25, -0.2) is 4.98 Å². The van der Waals surface area contributed by atoms with Crippen LogP contribution < -0.4 is 5.84 Å². The van der Waals surface area contributed by atoms with Crippen LogP contribution >= 0.6 is 11.6 Å². The summed E-state index contributed by atoms with van der Waals surface area (Å²) in [6.07, 6.45) is 4.51. The van der Waals surface area contributed by atoms with E-state index in [0.717, 1.165) is 6.54 Å². The molecule has 1 unspecified atom stereocenters. The van der Waals surface area contributed by atoms with Crippen LogP contribution in [0.15, 0.2) is 28.4 Å². The lowest BCUT2D eigenvalue weighted by molar-refractivity contribution is 0.249. The highest BCUT2D eigenvalue weighted by molar-refractivity contribution is 6.34. The molecule has 1 aliphatic carbocycles. The number of aromatic nitrogens is 1. The van der Waals surface area contributed by atoms with Gasteiger partial charge in [-0.2, -0.15) is 5.10 Å². The maximum atomic E-state index is 10.1. The summed E-state index contributed by atoms with van der Waals surface area (Å²) < 4.78 is 0. The maximum absolute atomic E-state index is 10.1. The number of nitrogens with two attached hydrogens (primary N) is 1. The van der Waals surface area contributed by atoms with Gasteiger partial charge in [-0.15, -0.1) is 0 Å². The molecule has 96 valence electrons. The molecule has 1 atom stereocenters. The van der Waals surface area contributed by atoms with Gasteiger partial charge >= 0.3 is 0 Å². The molecule has 0 spiro atoms. The Bertz CT molecular complexity index is 471. The van der Waals surface area contributed by atoms with E-state index >= 15 is 0 Å². The lowest BCUT2D eigenvalue weighted by Gasteiger charge is -2.10. The second-order valence-electron chi connectivity index (χ2n) is 4.28. The molecule has 1 heterocycles. The molecule has 0 aliphatic heterocycles. The smallest absolute Gasteiger partial charge is 0.135 e. The van der Waals surface area contributed by atoms with Gasteiger partial charge in [-0.3, -0.25) is 4.99 Å². The van der Waals surface area contributed by atoms with E-state index < -0.39 is 6.10 Å². The van der Waals surface area contributed by atoms with Crippen molar-refractivity contribution in [3.05, 3.63) is 29.0 Å². The number of rotatable bonds is 5. The summed E-state index contributed by atoms with van der Waals surface area (Å²) in [5, 5.41) is 13.9. The van der Waals surface area contributed by atoms with E-state index in [1.807, 2.05) is 0 Å². The Morgan fingerprint density at radius 1 is 1.67 bits per heavy atom. The largest absolute Gasteiger partial charge is 0.382 e. The Kier molecular flexibility index (Phi) is 4.28. The number of aliphatic hydroxyl groups is 1. The first-order chi connectivity index (χ1) is 8.72. The molecular weight excluding hydrogens is 252 g/mol. The predicted octanol–water partition coefficient (Wildman–Crippen LogP) is 1.56. The van der Waals surface area contributed by atoms with Crippen molar-refractivity contribution in [2.45, 2.75) is 18.9 Å². The molecule has 1 fully saturated rings. The van der Waals surface area contributed by atoms with Gasteiger partial charge in [0, 0.05) is 24.5 Å². The fourth-order valence-corrected chi connectivity index (χ4v) is 1.75. The topological polar surface area (TPSA) is 83.9 Å². The third-order valence-electron chi connectivity index (χ3n) is 2.80. The number of hydrogen-bond acceptors (Lipinski definition) is 5. The zero-order valence-corrected chi connectivity index (χ0v) is 10.6. The Morgan fingerprint density at radius 3 is 3.06 bits per heavy atom. The van der Waals surface area contributed by atoms with Crippen molar-refractivity contribution in [2.75, 3.05) is 6.54 Å². The van der Waals surface area contributed by atoms with Gasteiger partial charge in [-0.1, -0.05) is 17.7 Å². The number of nitrogens with zero attached hydrogens (tertiary/aromatic N) is 3. The summed E-state index contributed by atoms with van der Waals surface area (Å²) >= 11 is 5.90. The summed E-state index contributed by atoms with van der Waals surface area (Å²) in [6.45, 7) is 0.756. The second-order valence-corrected chi connectivity index (χ2v) is 4.64. The third kappa shape index (κ3) is 3.27. The molecule has 0 radical (unpaired) electrons. The number of hydrogen-bond donors (Lipinski definition) is 2. The van der Waals surface area contributed by atoms with Crippen molar-refractivity contribution in [3.63, 3.8) is 0 Å². The molecule has 3 N–H and O–H groups in total. The van der Waals surface area contributed by atoms with Crippen LogP contribution in [-0.4, -0.2) is 28.6 Å². The highest BCUT2D eigenvalue weighted by atomic mass is 35.5. The number of halogens is 1. The second kappa shape index (κ2) is 5.93. The van der Waals surface area contributed by atoms with Gasteiger partial charge in [0.2, 0.25) is 0 Å². The third-order valence-corrected chi connectivity index (χ3v) is 3.11. The summed E-state index contributed by atoms with van der Waals surface area (Å²) in [5.74, 6) is 5.95. The van der Waals surface area contributed by atoms with Gasteiger partial charge in [0.25, 0.3) is 0 Å². The SMILES string of the molecule is NN=C(C=NCC1CC1)C(O)c1cccnc1Cl. The minimum absolute atomic E-state index is 0.238. The molecule has 1 saturated carbocycles. The van der Waals surface area contributed by atoms with Crippen molar-refractivity contribution < 1.29 is 5.11 Å². The Balaban J connectivity index is 2.07. The van der Waals surface area contributed by atoms with Crippen LogP contribution in [0.25, 0.3) is 0 Å². The average Bonchev–Trinajstić information content (AvgIpc) is 3.18. The van der Waals surface area contributed by atoms with Crippen LogP contribution in [0.5, 0.6) is 0 Å². The van der Waals surface area contributed by atoms with Gasteiger partial charge in [0.05, 0.1) is 0 Å². The molecule has 0 bridgehead atoms. The first-order valence-electron chi connectivity index (χ1n) is 5.78. The number of pyridine rings is 1. The minimum Gasteiger partial charge on any atom is -0.382 e. The van der Waals surface area contributed by atoms with Gasteiger partial charge in [-0.05, 0) is 24.8 Å². The van der Waals surface area contributed by atoms with Crippen LogP contribution in [-0.2, 0) is 0 Å². The first kappa shape index (κ1) is 13.0. The highest BCUT2D eigenvalue weighted by Gasteiger charge is 2.21. The lowest BCUT2D eigenvalue weighted by Crippen LogP contribution is -2.16. The van der Waals surface area contributed by atoms with Crippen LogP contribution in [0.2, 0.25) is 5.15 Å². The van der Waals surface area contributed by atoms with Crippen molar-refractivity contribution in [1.29, 1.82) is 0 Å². The van der Waals surface area contributed by atoms with E-state index in [0.29, 0.717) is 11.5 Å². The predicted molar refractivity (Wildman–Crippen MR) is 71.9 cm³/mol. The molecule has 1 aliphatic rings. The molecular formula is C12H15ClN4O. The minimum atomic E-state index is -1.00. The van der Waals surface area contributed by atoms with E-state index in [1.54, 1.807) is 18.3 Å². The standard InChI is InChI=1S/C12H15ClN4O/c13-12-9(2-1-5-16-12)11(18)10(17-14)7-15-6-8-3-4-8/h1-2,5,7-8,11,18H,3-4,6,14H2. The van der Waals surface area contributed by atoms with Crippen molar-refractivity contribution >= 4 is 23.5 Å². The quantitative estimate of drug-likeness (QED) is 0.367. The first-order valence-corrected chi connectivity index (χ1v) is 6.16. The maximum Gasteiger partial charge on any atom is 0.135 e. The van der Waals surface area contributed by atoms with Crippen molar-refractivity contribution in [2.24, 2.45) is 21.9 Å². The molecule has 6 heteroatoms. The lowest BCUT2D eigenvalue weighted by atomic mass is 10.1. The molecule has 0 amide bonds. The molecule has 1 aromatic heterocycles. The molecule has 5 nitrogen and oxygen atoms in total. The number of aliphatic imine (C=N–C) groups is 1. The normalized spacial score (nSPS) is 18.2. The molecule has 0 saturated heterocycles. The molecule has 0 aromatic carbocycles. The fraction of sp³-hybridized carbons (Fsp3) is 0.417. The van der Waals surface area contributed by atoms with Crippen molar-refractivity contribution in [1.82, 2.24) is 4.98 Å². The van der Waals surface area contributed by atoms with E-state index in [9.17, 15) is 5.11 Å². The Labute approximate surface area is 110 Å². The van der Waals surface area contributed by atoms with E-state index in [2.05, 4.69) is 15.1 Å². The van der Waals surface area contributed by atoms with Crippen LogP contribution in [0.1, 0.15) is 24.5 Å². The highest BCUT2D eigenvalue weighted by Crippen LogP contribution is 2.28. The van der Waals surface area contributed by atoms with Gasteiger partial charge in [0.15, 0.2) is 0 Å². The van der Waals surface area contributed by atoms with Gasteiger partial charge < -0.3 is 10.9 Å². The van der Waals surface area contributed by atoms with Crippen molar-refractivity contribution in [3.8, 4) is 0 Å². The molecule has 2 rings (SSSR count). The Hall–Kier alpha value is -1.46. The summed E-state index contributed by atoms with van der Waals surface area (Å²) in [5.41, 5.74) is 0.756. The van der Waals surface area contributed by atoms with Crippen LogP contribution in [0.3, 0.4) is 0 Å². The fourth-order valence-electron chi connectivity index (χ4n) is 1.53.